The van der Waals surface area contributed by atoms with Gasteiger partial charge in [-0.2, -0.15) is 0 Å². The fraction of sp³-hybridized carbons (Fsp3) is 0.538. The summed E-state index contributed by atoms with van der Waals surface area (Å²) in [5, 5.41) is 0. The Bertz CT molecular complexity index is 340. The molecule has 1 atom stereocenters. The smallest absolute Gasteiger partial charge is 0.147 e. The molecule has 0 N–H and O–H groups in total. The third kappa shape index (κ3) is 2.20. The Kier molecular flexibility index (Phi) is 4.33. The van der Waals surface area contributed by atoms with Gasteiger partial charge in [0.1, 0.15) is 11.5 Å². The molecule has 0 bridgehead atoms. The molecule has 1 aromatic rings. The fourth-order valence-corrected chi connectivity index (χ4v) is 1.80. The summed E-state index contributed by atoms with van der Waals surface area (Å²) >= 11 is 0. The molecule has 0 aliphatic carbocycles. The third-order valence-corrected chi connectivity index (χ3v) is 3.21. The van der Waals surface area contributed by atoms with Gasteiger partial charge < -0.3 is 9.47 Å². The van der Waals surface area contributed by atoms with Crippen molar-refractivity contribution in [3.8, 4) is 5.75 Å². The molecule has 0 amide bonds. The zero-order valence-electron chi connectivity index (χ0n) is 10.8. The van der Waals surface area contributed by atoms with Crippen molar-refractivity contribution in [1.82, 2.24) is 4.90 Å². The van der Waals surface area contributed by atoms with Crippen LogP contribution in [-0.4, -0.2) is 32.7 Å². The Hall–Kier alpha value is -1.06. The zero-order valence-corrected chi connectivity index (χ0v) is 10.8. The van der Waals surface area contributed by atoms with Gasteiger partial charge in [-0.15, -0.1) is 0 Å². The average molecular weight is 223 g/mol. The summed E-state index contributed by atoms with van der Waals surface area (Å²) in [5.74, 6) is 0.854. The number of methoxy groups -OCH3 is 2. The van der Waals surface area contributed by atoms with Crippen molar-refractivity contribution in [2.24, 2.45) is 0 Å². The maximum Gasteiger partial charge on any atom is 0.147 e. The highest BCUT2D eigenvalue weighted by Crippen LogP contribution is 2.34. The van der Waals surface area contributed by atoms with Gasteiger partial charge in [0.25, 0.3) is 0 Å². The molecular formula is C13H21NO2. The molecule has 0 heterocycles. The van der Waals surface area contributed by atoms with Gasteiger partial charge in [0.05, 0.1) is 7.11 Å². The van der Waals surface area contributed by atoms with Crippen molar-refractivity contribution in [1.29, 1.82) is 0 Å². The first-order valence-electron chi connectivity index (χ1n) is 5.50. The molecule has 0 saturated carbocycles. The van der Waals surface area contributed by atoms with Crippen LogP contribution in [0.1, 0.15) is 19.4 Å². The van der Waals surface area contributed by atoms with Gasteiger partial charge in [0.15, 0.2) is 0 Å². The Labute approximate surface area is 98.0 Å². The molecule has 1 rings (SSSR count). The monoisotopic (exact) mass is 223 g/mol. The van der Waals surface area contributed by atoms with Gasteiger partial charge in [-0.3, -0.25) is 4.90 Å². The first-order chi connectivity index (χ1) is 7.60. The molecule has 3 nitrogen and oxygen atoms in total. The topological polar surface area (TPSA) is 21.7 Å². The summed E-state index contributed by atoms with van der Waals surface area (Å²) in [7, 11) is 5.44. The summed E-state index contributed by atoms with van der Waals surface area (Å²) in [6.07, 6.45) is 0. The van der Waals surface area contributed by atoms with Gasteiger partial charge in [-0.05, 0) is 26.6 Å². The van der Waals surface area contributed by atoms with Crippen LogP contribution in [0, 0.1) is 0 Å². The maximum atomic E-state index is 5.66. The molecule has 90 valence electrons. The largest absolute Gasteiger partial charge is 0.496 e. The second-order valence-corrected chi connectivity index (χ2v) is 3.90. The number of benzene rings is 1. The Morgan fingerprint density at radius 3 is 2.38 bits per heavy atom. The number of para-hydroxylation sites is 1. The molecule has 1 aromatic carbocycles. The van der Waals surface area contributed by atoms with E-state index in [9.17, 15) is 0 Å². The van der Waals surface area contributed by atoms with Crippen LogP contribution in [0.5, 0.6) is 5.75 Å². The van der Waals surface area contributed by atoms with Crippen molar-refractivity contribution in [2.75, 3.05) is 27.8 Å². The van der Waals surface area contributed by atoms with Crippen LogP contribution in [0.15, 0.2) is 24.3 Å². The summed E-state index contributed by atoms with van der Waals surface area (Å²) in [4.78, 5) is 2.14. The molecule has 3 heteroatoms. The van der Waals surface area contributed by atoms with Crippen molar-refractivity contribution in [3.63, 3.8) is 0 Å². The van der Waals surface area contributed by atoms with E-state index in [1.807, 2.05) is 38.2 Å². The van der Waals surface area contributed by atoms with Crippen molar-refractivity contribution >= 4 is 0 Å². The van der Waals surface area contributed by atoms with E-state index >= 15 is 0 Å². The van der Waals surface area contributed by atoms with Crippen LogP contribution in [0.25, 0.3) is 0 Å². The van der Waals surface area contributed by atoms with Gasteiger partial charge in [0, 0.05) is 12.7 Å². The lowest BCUT2D eigenvalue weighted by atomic mass is 10.0. The van der Waals surface area contributed by atoms with E-state index in [0.717, 1.165) is 17.9 Å². The maximum absolute atomic E-state index is 5.66. The zero-order chi connectivity index (χ0) is 12.2. The number of hydrogen-bond acceptors (Lipinski definition) is 3. The lowest BCUT2D eigenvalue weighted by Crippen LogP contribution is -2.42. The minimum atomic E-state index is -0.457. The van der Waals surface area contributed by atoms with E-state index in [2.05, 4.69) is 11.8 Å². The standard InChI is InChI=1S/C13H21NO2/c1-6-14(3)13(2,16-5)11-9-7-8-10-12(11)15-4/h7-10H,6H2,1-5H3. The Morgan fingerprint density at radius 2 is 1.88 bits per heavy atom. The van der Waals surface area contributed by atoms with Crippen LogP contribution >= 0.6 is 0 Å². The summed E-state index contributed by atoms with van der Waals surface area (Å²) in [5.41, 5.74) is 0.589. The molecule has 0 fully saturated rings. The fourth-order valence-electron chi connectivity index (χ4n) is 1.80. The quantitative estimate of drug-likeness (QED) is 0.716. The van der Waals surface area contributed by atoms with Gasteiger partial charge in [0.2, 0.25) is 0 Å². The van der Waals surface area contributed by atoms with Crippen LogP contribution in [0.2, 0.25) is 0 Å². The second kappa shape index (κ2) is 5.32. The van der Waals surface area contributed by atoms with Crippen LogP contribution in [0.4, 0.5) is 0 Å². The lowest BCUT2D eigenvalue weighted by molar-refractivity contribution is -0.117. The predicted molar refractivity (Wildman–Crippen MR) is 65.7 cm³/mol. The highest BCUT2D eigenvalue weighted by molar-refractivity contribution is 5.37. The van der Waals surface area contributed by atoms with Gasteiger partial charge in [-0.25, -0.2) is 0 Å². The summed E-state index contributed by atoms with van der Waals surface area (Å²) < 4.78 is 11.0. The number of ether oxygens (including phenoxy) is 2. The first-order valence-corrected chi connectivity index (χ1v) is 5.50. The summed E-state index contributed by atoms with van der Waals surface area (Å²) in [6, 6.07) is 7.95. The minimum Gasteiger partial charge on any atom is -0.496 e. The highest BCUT2D eigenvalue weighted by atomic mass is 16.5. The normalized spacial score (nSPS) is 14.9. The molecule has 16 heavy (non-hydrogen) atoms. The van der Waals surface area contributed by atoms with E-state index in [4.69, 9.17) is 9.47 Å². The Balaban J connectivity index is 3.21. The van der Waals surface area contributed by atoms with Crippen molar-refractivity contribution in [2.45, 2.75) is 19.6 Å². The number of rotatable bonds is 5. The first kappa shape index (κ1) is 13.0. The van der Waals surface area contributed by atoms with E-state index in [1.165, 1.54) is 0 Å². The lowest BCUT2D eigenvalue weighted by Gasteiger charge is -2.38. The molecule has 0 aromatic heterocycles. The molecule has 1 unspecified atom stereocenters. The third-order valence-electron chi connectivity index (χ3n) is 3.21. The van der Waals surface area contributed by atoms with E-state index in [-0.39, 0.29) is 0 Å². The van der Waals surface area contributed by atoms with Gasteiger partial charge in [-0.1, -0.05) is 25.1 Å². The molecule has 0 spiro atoms. The molecule has 0 saturated heterocycles. The molecular weight excluding hydrogens is 202 g/mol. The SMILES string of the molecule is CCN(C)C(C)(OC)c1ccccc1OC. The number of hydrogen-bond donors (Lipinski definition) is 0. The van der Waals surface area contributed by atoms with Crippen molar-refractivity contribution in [3.05, 3.63) is 29.8 Å². The summed E-state index contributed by atoms with van der Waals surface area (Å²) in [6.45, 7) is 5.06. The Morgan fingerprint density at radius 1 is 1.25 bits per heavy atom. The minimum absolute atomic E-state index is 0.457. The average Bonchev–Trinajstić information content (AvgIpc) is 2.36. The van der Waals surface area contributed by atoms with E-state index in [0.29, 0.717) is 0 Å². The van der Waals surface area contributed by atoms with Crippen LogP contribution in [-0.2, 0) is 10.5 Å². The number of nitrogens with zero attached hydrogens (tertiary/aromatic N) is 1. The molecule has 0 radical (unpaired) electrons. The van der Waals surface area contributed by atoms with Crippen LogP contribution < -0.4 is 4.74 Å². The van der Waals surface area contributed by atoms with Crippen LogP contribution in [0.3, 0.4) is 0 Å². The molecule has 0 aliphatic rings. The van der Waals surface area contributed by atoms with Gasteiger partial charge >= 0.3 is 0 Å². The molecule has 0 aliphatic heterocycles. The van der Waals surface area contributed by atoms with E-state index < -0.39 is 5.72 Å². The highest BCUT2D eigenvalue weighted by Gasteiger charge is 2.32. The second-order valence-electron chi connectivity index (χ2n) is 3.90. The van der Waals surface area contributed by atoms with Crippen molar-refractivity contribution < 1.29 is 9.47 Å². The van der Waals surface area contributed by atoms with E-state index in [1.54, 1.807) is 14.2 Å². The predicted octanol–water partition coefficient (Wildman–Crippen LogP) is 2.47.